The lowest BCUT2D eigenvalue weighted by atomic mass is 9.92. The molecule has 0 fully saturated rings. The predicted octanol–water partition coefficient (Wildman–Crippen LogP) is 4.45. The van der Waals surface area contributed by atoms with Crippen LogP contribution in [0.1, 0.15) is 0 Å². The fraction of sp³-hybridized carbons (Fsp3) is 0.889. The Balaban J connectivity index is 6.83. The van der Waals surface area contributed by atoms with Crippen LogP contribution in [-0.2, 0) is 9.53 Å². The summed E-state index contributed by atoms with van der Waals surface area (Å²) >= 11 is 0. The molecule has 174 valence electrons. The van der Waals surface area contributed by atoms with Crippen molar-refractivity contribution in [3.05, 3.63) is 0 Å². The molecule has 0 aliphatic carbocycles. The first-order valence-electron chi connectivity index (χ1n) is 5.80. The summed E-state index contributed by atoms with van der Waals surface area (Å²) < 4.78 is 213. The molecule has 3 nitrogen and oxygen atoms in total. The fourth-order valence-corrected chi connectivity index (χ4v) is 1.28. The Morgan fingerprint density at radius 1 is 0.552 bits per heavy atom. The van der Waals surface area contributed by atoms with Crippen molar-refractivity contribution in [2.24, 2.45) is 0 Å². The molecule has 0 saturated carbocycles. The Kier molecular flexibility index (Phi) is 6.34. The standard InChI is InChI=1S/C9HF17O3/c10-2(5(13,14)15,6(16,17)18)1(27)3(11,7(19,20)21)29-9(25,26)4(12,28)8(22,23)24/h28H. The maximum absolute atomic E-state index is 13.6. The highest BCUT2D eigenvalue weighted by molar-refractivity contribution is 5.96. The van der Waals surface area contributed by atoms with E-state index in [2.05, 4.69) is 0 Å². The predicted molar refractivity (Wildman–Crippen MR) is 49.0 cm³/mol. The number of hydrogen-bond acceptors (Lipinski definition) is 3. The molecule has 0 aliphatic rings. The lowest BCUT2D eigenvalue weighted by molar-refractivity contribution is -0.491. The molecule has 0 aliphatic heterocycles. The molecular formula is C9HF17O3. The second-order valence-corrected chi connectivity index (χ2v) is 4.81. The van der Waals surface area contributed by atoms with Crippen molar-refractivity contribution in [2.45, 2.75) is 48.2 Å². The van der Waals surface area contributed by atoms with Gasteiger partial charge in [-0.2, -0.15) is 70.2 Å². The Bertz CT molecular complexity index is 608. The van der Waals surface area contributed by atoms with Crippen molar-refractivity contribution >= 4 is 5.78 Å². The van der Waals surface area contributed by atoms with Gasteiger partial charge in [0.1, 0.15) is 0 Å². The minimum atomic E-state index is -7.98. The molecule has 0 aromatic rings. The number of aliphatic hydroxyl groups is 1. The van der Waals surface area contributed by atoms with Crippen LogP contribution in [0.25, 0.3) is 0 Å². The van der Waals surface area contributed by atoms with E-state index in [9.17, 15) is 79.4 Å². The van der Waals surface area contributed by atoms with Crippen LogP contribution in [0.2, 0.25) is 0 Å². The molecule has 20 heteroatoms. The first-order chi connectivity index (χ1) is 12.1. The van der Waals surface area contributed by atoms with Crippen LogP contribution in [0.4, 0.5) is 74.6 Å². The van der Waals surface area contributed by atoms with Crippen LogP contribution in [0, 0.1) is 0 Å². The van der Waals surface area contributed by atoms with Crippen LogP contribution >= 0.6 is 0 Å². The second-order valence-electron chi connectivity index (χ2n) is 4.81. The summed E-state index contributed by atoms with van der Waals surface area (Å²) in [5.41, 5.74) is -7.98. The van der Waals surface area contributed by atoms with Crippen LogP contribution in [0.15, 0.2) is 0 Å². The number of carbonyl (C=O) groups excluding carboxylic acids is 1. The summed E-state index contributed by atoms with van der Waals surface area (Å²) in [4.78, 5) is 10.8. The highest BCUT2D eigenvalue weighted by atomic mass is 19.4. The van der Waals surface area contributed by atoms with E-state index in [4.69, 9.17) is 5.11 Å². The number of hydrogen-bond donors (Lipinski definition) is 1. The van der Waals surface area contributed by atoms with Gasteiger partial charge in [0.15, 0.2) is 0 Å². The number of ketones is 1. The minimum Gasteiger partial charge on any atom is -0.348 e. The van der Waals surface area contributed by atoms with E-state index < -0.39 is 54.0 Å². The van der Waals surface area contributed by atoms with Crippen molar-refractivity contribution < 1.29 is 89.3 Å². The van der Waals surface area contributed by atoms with Crippen LogP contribution in [0.3, 0.4) is 0 Å². The maximum atomic E-state index is 13.6. The summed E-state index contributed by atoms with van der Waals surface area (Å²) in [7, 11) is 0. The van der Waals surface area contributed by atoms with Crippen LogP contribution in [-0.4, -0.2) is 59.1 Å². The van der Waals surface area contributed by atoms with E-state index >= 15 is 0 Å². The molecule has 0 radical (unpaired) electrons. The highest BCUT2D eigenvalue weighted by Crippen LogP contribution is 2.55. The van der Waals surface area contributed by atoms with Gasteiger partial charge in [-0.15, -0.1) is 0 Å². The van der Waals surface area contributed by atoms with Crippen molar-refractivity contribution in [2.75, 3.05) is 0 Å². The van der Waals surface area contributed by atoms with E-state index in [1.54, 1.807) is 0 Å². The maximum Gasteiger partial charge on any atom is 0.457 e. The van der Waals surface area contributed by atoms with Gasteiger partial charge in [-0.3, -0.25) is 9.53 Å². The van der Waals surface area contributed by atoms with Crippen LogP contribution in [0.5, 0.6) is 0 Å². The van der Waals surface area contributed by atoms with E-state index in [1.807, 2.05) is 0 Å². The molecule has 2 unspecified atom stereocenters. The lowest BCUT2D eigenvalue weighted by Gasteiger charge is -2.38. The number of rotatable bonds is 5. The zero-order chi connectivity index (χ0) is 24.3. The molecule has 0 heterocycles. The van der Waals surface area contributed by atoms with E-state index in [1.165, 1.54) is 4.74 Å². The first kappa shape index (κ1) is 27.4. The molecule has 0 bridgehead atoms. The van der Waals surface area contributed by atoms with Crippen molar-refractivity contribution in [3.8, 4) is 0 Å². The normalized spacial score (nSPS) is 19.5. The van der Waals surface area contributed by atoms with Gasteiger partial charge < -0.3 is 5.11 Å². The molecule has 0 aromatic carbocycles. The average molecular weight is 480 g/mol. The van der Waals surface area contributed by atoms with E-state index in [0.717, 1.165) is 0 Å². The molecule has 0 rings (SSSR count). The molecule has 0 saturated heterocycles. The molecule has 2 atom stereocenters. The van der Waals surface area contributed by atoms with E-state index in [0.29, 0.717) is 0 Å². The summed E-state index contributed by atoms with van der Waals surface area (Å²) in [5.74, 6) is -20.9. The van der Waals surface area contributed by atoms with Crippen LogP contribution < -0.4 is 0 Å². The zero-order valence-electron chi connectivity index (χ0n) is 12.2. The average Bonchev–Trinajstić information content (AvgIpc) is 2.39. The molecule has 0 spiro atoms. The minimum absolute atomic E-state index is 1.32. The Morgan fingerprint density at radius 3 is 1.07 bits per heavy atom. The summed E-state index contributed by atoms with van der Waals surface area (Å²) in [6.45, 7) is 0. The Hall–Kier alpha value is -1.60. The quantitative estimate of drug-likeness (QED) is 0.593. The number of alkyl halides is 17. The summed E-state index contributed by atoms with van der Waals surface area (Å²) in [6, 6.07) is 0. The largest absolute Gasteiger partial charge is 0.457 e. The van der Waals surface area contributed by atoms with Crippen molar-refractivity contribution in [1.82, 2.24) is 0 Å². The third-order valence-electron chi connectivity index (χ3n) is 2.78. The van der Waals surface area contributed by atoms with Gasteiger partial charge in [-0.25, -0.2) is 4.39 Å². The molecule has 0 aromatic heterocycles. The number of halogens is 17. The first-order valence-corrected chi connectivity index (χ1v) is 5.80. The van der Waals surface area contributed by atoms with Gasteiger partial charge in [0.25, 0.3) is 5.78 Å². The van der Waals surface area contributed by atoms with Gasteiger partial charge >= 0.3 is 48.2 Å². The van der Waals surface area contributed by atoms with Gasteiger partial charge in [-0.1, -0.05) is 0 Å². The van der Waals surface area contributed by atoms with Gasteiger partial charge in [-0.05, 0) is 0 Å². The van der Waals surface area contributed by atoms with Crippen molar-refractivity contribution in [1.29, 1.82) is 0 Å². The summed E-state index contributed by atoms with van der Waals surface area (Å²) in [6.07, 6.45) is -38.8. The molecule has 29 heavy (non-hydrogen) atoms. The lowest BCUT2D eigenvalue weighted by Crippen LogP contribution is -2.70. The van der Waals surface area contributed by atoms with Crippen molar-refractivity contribution in [3.63, 3.8) is 0 Å². The number of ether oxygens (including phenoxy) is 1. The second kappa shape index (κ2) is 6.71. The summed E-state index contributed by atoms with van der Waals surface area (Å²) in [5, 5.41) is 7.86. The third kappa shape index (κ3) is 4.17. The number of carbonyl (C=O) groups is 1. The van der Waals surface area contributed by atoms with Gasteiger partial charge in [0.2, 0.25) is 0 Å². The molecular weight excluding hydrogens is 479 g/mol. The monoisotopic (exact) mass is 480 g/mol. The van der Waals surface area contributed by atoms with E-state index in [-0.39, 0.29) is 0 Å². The molecule has 0 amide bonds. The fourth-order valence-electron chi connectivity index (χ4n) is 1.28. The van der Waals surface area contributed by atoms with Gasteiger partial charge in [0.05, 0.1) is 0 Å². The van der Waals surface area contributed by atoms with Gasteiger partial charge in [0, 0.05) is 0 Å². The Labute approximate surface area is 145 Å². The highest BCUT2D eigenvalue weighted by Gasteiger charge is 2.87. The number of Topliss-reactive ketones (excluding diaryl/α,β-unsaturated/α-hetero) is 1. The SMILES string of the molecule is O=C(C(F)(OC(F)(F)C(O)(F)C(F)(F)F)C(F)(F)F)C(F)(C(F)(F)F)C(F)(F)F. The Morgan fingerprint density at radius 2 is 0.862 bits per heavy atom. The molecule has 1 N–H and O–H groups in total. The smallest absolute Gasteiger partial charge is 0.348 e. The topological polar surface area (TPSA) is 46.5 Å². The zero-order valence-corrected chi connectivity index (χ0v) is 12.2. The third-order valence-corrected chi connectivity index (χ3v) is 2.78.